The number of imide groups is 1. The number of alkyl halides is 3. The molecular weight excluding hydrogens is 847 g/mol. The molecule has 20 heteroatoms. The van der Waals surface area contributed by atoms with Gasteiger partial charge in [0.05, 0.1) is 39.4 Å². The number of carbonyl (C=O) groups excluding carboxylic acids is 5. The number of rotatable bonds is 15. The van der Waals surface area contributed by atoms with Gasteiger partial charge in [-0.3, -0.25) is 19.7 Å². The number of hydrogen-bond acceptors (Lipinski definition) is 12. The highest BCUT2D eigenvalue weighted by molar-refractivity contribution is 6.34. The largest absolute Gasteiger partial charge is 0.480 e. The van der Waals surface area contributed by atoms with Gasteiger partial charge in [0.1, 0.15) is 28.6 Å². The zero-order valence-corrected chi connectivity index (χ0v) is 33.8. The number of nitrogens with zero attached hydrogens (tertiary/aromatic N) is 2. The van der Waals surface area contributed by atoms with Crippen molar-refractivity contribution < 1.29 is 70.1 Å². The SMILES string of the molecule is CCCCCOC(=O)COc1cc(N2C(=O)C3=C(CCCC3)C2=O)c(F)cc1Cl.CCOC(=O)C(C)OC(=O)c1cc(Oc2ccc(C(F)(F)F)cc2Cl)ccc1[N+](=O)[O-]. The summed E-state index contributed by atoms with van der Waals surface area (Å²) in [5.74, 6) is -4.76. The molecule has 1 unspecified atom stereocenters. The van der Waals surface area contributed by atoms with Gasteiger partial charge in [-0.25, -0.2) is 23.7 Å². The summed E-state index contributed by atoms with van der Waals surface area (Å²) in [5.41, 5.74) is -1.49. The first kappa shape index (κ1) is 46.9. The molecule has 1 aliphatic carbocycles. The van der Waals surface area contributed by atoms with Crippen molar-refractivity contribution in [3.63, 3.8) is 0 Å². The first-order valence-corrected chi connectivity index (χ1v) is 19.2. The van der Waals surface area contributed by atoms with Crippen LogP contribution in [0.2, 0.25) is 10.0 Å². The van der Waals surface area contributed by atoms with E-state index in [1.165, 1.54) is 13.0 Å². The number of nitro groups is 1. The monoisotopic (exact) mass is 884 g/mol. The second kappa shape index (κ2) is 21.0. The van der Waals surface area contributed by atoms with Crippen LogP contribution < -0.4 is 14.4 Å². The fourth-order valence-electron chi connectivity index (χ4n) is 5.80. The van der Waals surface area contributed by atoms with Crippen molar-refractivity contribution in [2.24, 2.45) is 0 Å². The van der Waals surface area contributed by atoms with Crippen LogP contribution in [0.4, 0.5) is 28.9 Å². The van der Waals surface area contributed by atoms with Crippen LogP contribution in [0.15, 0.2) is 59.7 Å². The standard InChI is InChI=1S/C21H23ClFNO5.C19H15ClF3NO7/c1-2-3-6-9-28-19(25)12-29-18-11-17(16(23)10-15(18)22)24-20(26)13-7-4-5-8-14(13)21(24)27;1-3-29-17(25)10(2)30-18(26)13-9-12(5-6-15(13)24(27)28)31-16-7-4-11(8-14(16)20)19(21,22)23/h10-11H,2-9,12H2,1H3;4-10H,3H2,1-2H3. The van der Waals surface area contributed by atoms with Gasteiger partial charge in [-0.2, -0.15) is 13.2 Å². The van der Waals surface area contributed by atoms with Crippen molar-refractivity contribution in [3.05, 3.63) is 96.8 Å². The second-order valence-electron chi connectivity index (χ2n) is 13.0. The van der Waals surface area contributed by atoms with E-state index in [0.717, 1.165) is 73.4 Å². The molecule has 2 aliphatic rings. The Kier molecular flexibility index (Phi) is 16.4. The molecule has 3 aromatic carbocycles. The van der Waals surface area contributed by atoms with Gasteiger partial charge < -0.3 is 23.7 Å². The Hall–Kier alpha value is -5.75. The van der Waals surface area contributed by atoms with Crippen molar-refractivity contribution in [1.29, 1.82) is 0 Å². The van der Waals surface area contributed by atoms with Gasteiger partial charge >= 0.3 is 24.1 Å². The van der Waals surface area contributed by atoms with Gasteiger partial charge in [-0.15, -0.1) is 0 Å². The molecule has 1 heterocycles. The molecule has 0 aromatic heterocycles. The highest BCUT2D eigenvalue weighted by atomic mass is 35.5. The van der Waals surface area contributed by atoms with Crippen LogP contribution in [0.1, 0.15) is 81.6 Å². The lowest BCUT2D eigenvalue weighted by atomic mass is 9.93. The van der Waals surface area contributed by atoms with Crippen molar-refractivity contribution in [1.82, 2.24) is 0 Å². The molecule has 3 aromatic rings. The maximum atomic E-state index is 14.5. The number of hydrogen-bond donors (Lipinski definition) is 0. The molecule has 0 spiro atoms. The first-order chi connectivity index (χ1) is 28.4. The summed E-state index contributed by atoms with van der Waals surface area (Å²) in [5, 5.41) is 10.8. The van der Waals surface area contributed by atoms with Gasteiger partial charge in [-0.1, -0.05) is 43.0 Å². The Morgan fingerprint density at radius 2 is 1.55 bits per heavy atom. The molecule has 0 radical (unpaired) electrons. The van der Waals surface area contributed by atoms with Crippen LogP contribution in [0.5, 0.6) is 17.2 Å². The summed E-state index contributed by atoms with van der Waals surface area (Å²) in [7, 11) is 0. The van der Waals surface area contributed by atoms with Crippen LogP contribution >= 0.6 is 23.2 Å². The van der Waals surface area contributed by atoms with Gasteiger partial charge in [0.25, 0.3) is 17.5 Å². The predicted molar refractivity (Wildman–Crippen MR) is 207 cm³/mol. The highest BCUT2D eigenvalue weighted by Gasteiger charge is 2.41. The maximum absolute atomic E-state index is 14.5. The number of benzene rings is 3. The van der Waals surface area contributed by atoms with Gasteiger partial charge in [0, 0.05) is 29.3 Å². The predicted octanol–water partition coefficient (Wildman–Crippen LogP) is 9.50. The van der Waals surface area contributed by atoms with E-state index in [1.54, 1.807) is 6.92 Å². The summed E-state index contributed by atoms with van der Waals surface area (Å²) >= 11 is 11.8. The Bertz CT molecular complexity index is 2150. The fourth-order valence-corrected chi connectivity index (χ4v) is 6.22. The average molecular weight is 886 g/mol. The summed E-state index contributed by atoms with van der Waals surface area (Å²) in [6.07, 6.45) is -0.542. The molecule has 0 bridgehead atoms. The van der Waals surface area contributed by atoms with E-state index in [-0.39, 0.29) is 39.6 Å². The van der Waals surface area contributed by atoms with Crippen molar-refractivity contribution in [2.45, 2.75) is 78.0 Å². The molecule has 14 nitrogen and oxygen atoms in total. The number of ether oxygens (including phenoxy) is 5. The molecule has 0 fully saturated rings. The van der Waals surface area contributed by atoms with E-state index < -0.39 is 76.2 Å². The number of carbonyl (C=O) groups is 5. The highest BCUT2D eigenvalue weighted by Crippen LogP contribution is 2.40. The minimum atomic E-state index is -4.61. The summed E-state index contributed by atoms with van der Waals surface area (Å²) in [4.78, 5) is 72.3. The van der Waals surface area contributed by atoms with Crippen molar-refractivity contribution >= 4 is 64.3 Å². The molecule has 1 atom stereocenters. The van der Waals surface area contributed by atoms with Gasteiger partial charge in [0.2, 0.25) is 0 Å². The normalized spacial score (nSPS) is 14.1. The van der Waals surface area contributed by atoms with Gasteiger partial charge in [-0.05, 0) is 76.3 Å². The molecule has 0 N–H and O–H groups in total. The van der Waals surface area contributed by atoms with Crippen molar-refractivity contribution in [3.8, 4) is 17.2 Å². The third-order valence-electron chi connectivity index (χ3n) is 8.76. The Morgan fingerprint density at radius 3 is 2.13 bits per heavy atom. The smallest absolute Gasteiger partial charge is 0.416 e. The second-order valence-corrected chi connectivity index (χ2v) is 13.9. The molecule has 0 saturated heterocycles. The number of esters is 3. The zero-order chi connectivity index (χ0) is 44.3. The molecule has 2 amide bonds. The van der Waals surface area contributed by atoms with Crippen LogP contribution in [-0.4, -0.2) is 60.6 Å². The molecule has 1 aliphatic heterocycles. The Labute approximate surface area is 350 Å². The lowest BCUT2D eigenvalue weighted by molar-refractivity contribution is -0.385. The van der Waals surface area contributed by atoms with Crippen molar-refractivity contribution in [2.75, 3.05) is 24.7 Å². The molecule has 60 heavy (non-hydrogen) atoms. The lowest BCUT2D eigenvalue weighted by Gasteiger charge is -2.18. The summed E-state index contributed by atoms with van der Waals surface area (Å²) in [6.45, 7) is 4.74. The van der Waals surface area contributed by atoms with E-state index in [9.17, 15) is 51.6 Å². The van der Waals surface area contributed by atoms with Crippen LogP contribution in [0, 0.1) is 15.9 Å². The number of unbranched alkanes of at least 4 members (excludes halogenated alkanes) is 2. The fraction of sp³-hybridized carbons (Fsp3) is 0.375. The first-order valence-electron chi connectivity index (χ1n) is 18.5. The number of anilines is 1. The number of amides is 2. The zero-order valence-electron chi connectivity index (χ0n) is 32.3. The molecular formula is C40H38Cl2F4N2O12. The third kappa shape index (κ3) is 11.9. The Morgan fingerprint density at radius 1 is 0.900 bits per heavy atom. The summed E-state index contributed by atoms with van der Waals surface area (Å²) < 4.78 is 78.2. The minimum absolute atomic E-state index is 0.000883. The third-order valence-corrected chi connectivity index (χ3v) is 9.35. The summed E-state index contributed by atoms with van der Waals surface area (Å²) in [6, 6.07) is 7.52. The average Bonchev–Trinajstić information content (AvgIpc) is 3.45. The number of halogens is 6. The maximum Gasteiger partial charge on any atom is 0.416 e. The lowest BCUT2D eigenvalue weighted by Crippen LogP contribution is -2.32. The number of nitro benzene ring substituents is 1. The van der Waals surface area contributed by atoms with E-state index in [2.05, 4.69) is 0 Å². The topological polar surface area (TPSA) is 178 Å². The van der Waals surface area contributed by atoms with E-state index in [0.29, 0.717) is 36.7 Å². The molecule has 322 valence electrons. The molecule has 0 saturated carbocycles. The van der Waals surface area contributed by atoms with Gasteiger partial charge in [0.15, 0.2) is 12.7 Å². The Balaban J connectivity index is 0.000000265. The van der Waals surface area contributed by atoms with E-state index in [4.69, 9.17) is 46.9 Å². The van der Waals surface area contributed by atoms with E-state index >= 15 is 0 Å². The molecule has 5 rings (SSSR count). The minimum Gasteiger partial charge on any atom is -0.480 e. The quantitative estimate of drug-likeness (QED) is 0.0269. The van der Waals surface area contributed by atoms with Crippen LogP contribution in [-0.2, 0) is 39.6 Å². The van der Waals surface area contributed by atoms with E-state index in [1.807, 2.05) is 6.92 Å². The van der Waals surface area contributed by atoms with Crippen LogP contribution in [0.3, 0.4) is 0 Å². The van der Waals surface area contributed by atoms with Crippen LogP contribution in [0.25, 0.3) is 0 Å².